The van der Waals surface area contributed by atoms with Gasteiger partial charge in [0.1, 0.15) is 5.82 Å². The molecule has 6 heteroatoms. The Hall–Kier alpha value is -2.47. The van der Waals surface area contributed by atoms with E-state index in [4.69, 9.17) is 4.74 Å². The lowest BCUT2D eigenvalue weighted by Gasteiger charge is -2.03. The summed E-state index contributed by atoms with van der Waals surface area (Å²) < 4.78 is 19.6. The zero-order valence-electron chi connectivity index (χ0n) is 12.4. The Morgan fingerprint density at radius 1 is 1.32 bits per heavy atom. The second-order valence-corrected chi connectivity index (χ2v) is 5.00. The van der Waals surface area contributed by atoms with Crippen molar-refractivity contribution in [2.45, 2.75) is 20.0 Å². The molecule has 0 fully saturated rings. The van der Waals surface area contributed by atoms with Crippen LogP contribution < -0.4 is 5.56 Å². The second-order valence-electron chi connectivity index (χ2n) is 5.00. The molecule has 0 spiro atoms. The van der Waals surface area contributed by atoms with Crippen molar-refractivity contribution in [3.8, 4) is 11.1 Å². The predicted molar refractivity (Wildman–Crippen MR) is 81.3 cm³/mol. The fraction of sp³-hybridized carbons (Fsp3) is 0.250. The molecule has 5 nitrogen and oxygen atoms in total. The number of aromatic nitrogens is 3. The van der Waals surface area contributed by atoms with Crippen molar-refractivity contribution in [2.24, 2.45) is 0 Å². The number of aromatic amines is 1. The molecule has 1 aromatic carbocycles. The van der Waals surface area contributed by atoms with Gasteiger partial charge in [-0.05, 0) is 24.1 Å². The van der Waals surface area contributed by atoms with Crippen LogP contribution in [-0.2, 0) is 17.8 Å². The van der Waals surface area contributed by atoms with Gasteiger partial charge in [0.25, 0.3) is 5.56 Å². The van der Waals surface area contributed by atoms with Crippen LogP contribution in [0.15, 0.2) is 35.1 Å². The predicted octanol–water partition coefficient (Wildman–Crippen LogP) is 2.54. The van der Waals surface area contributed by atoms with Crippen LogP contribution in [0.4, 0.5) is 4.39 Å². The number of nitrogens with one attached hydrogen (secondary N) is 1. The third-order valence-corrected chi connectivity index (χ3v) is 3.52. The van der Waals surface area contributed by atoms with Crippen LogP contribution in [0.25, 0.3) is 16.8 Å². The molecule has 0 aliphatic rings. The number of H-pyrrole nitrogens is 1. The molecule has 0 atom stereocenters. The Kier molecular flexibility index (Phi) is 3.77. The molecule has 1 N–H and O–H groups in total. The molecule has 2 heterocycles. The Labute approximate surface area is 126 Å². The lowest BCUT2D eigenvalue weighted by atomic mass is 10.0. The highest BCUT2D eigenvalue weighted by atomic mass is 19.1. The number of hydrogen-bond donors (Lipinski definition) is 1. The molecule has 3 rings (SSSR count). The van der Waals surface area contributed by atoms with E-state index in [1.165, 1.54) is 22.7 Å². The molecule has 114 valence electrons. The largest absolute Gasteiger partial charge is 0.378 e. The lowest BCUT2D eigenvalue weighted by molar-refractivity contribution is 0.181. The molecular formula is C16H16FN3O2. The van der Waals surface area contributed by atoms with E-state index in [2.05, 4.69) is 10.1 Å². The van der Waals surface area contributed by atoms with E-state index in [1.54, 1.807) is 19.2 Å². The van der Waals surface area contributed by atoms with Crippen LogP contribution >= 0.6 is 0 Å². The first-order valence-corrected chi connectivity index (χ1v) is 7.02. The van der Waals surface area contributed by atoms with Gasteiger partial charge in [-0.2, -0.15) is 0 Å². The number of ether oxygens (including phenoxy) is 1. The van der Waals surface area contributed by atoms with Crippen molar-refractivity contribution < 1.29 is 9.13 Å². The number of fused-ring (bicyclic) bond motifs is 1. The Balaban J connectivity index is 2.31. The monoisotopic (exact) mass is 301 g/mol. The molecular weight excluding hydrogens is 285 g/mol. The molecule has 3 aromatic rings. The summed E-state index contributed by atoms with van der Waals surface area (Å²) in [6.07, 6.45) is 0.703. The fourth-order valence-corrected chi connectivity index (χ4v) is 2.53. The number of rotatable bonds is 4. The Morgan fingerprint density at radius 2 is 2.05 bits per heavy atom. The molecule has 0 bridgehead atoms. The molecule has 2 aromatic heterocycles. The van der Waals surface area contributed by atoms with E-state index in [0.29, 0.717) is 17.8 Å². The highest BCUT2D eigenvalue weighted by Crippen LogP contribution is 2.27. The van der Waals surface area contributed by atoms with E-state index in [0.717, 1.165) is 16.8 Å². The summed E-state index contributed by atoms with van der Waals surface area (Å²) in [6.45, 7) is 2.25. The third kappa shape index (κ3) is 2.42. The van der Waals surface area contributed by atoms with Crippen LogP contribution in [0.3, 0.4) is 0 Å². The first-order chi connectivity index (χ1) is 10.6. The number of hydrogen-bond acceptors (Lipinski definition) is 3. The van der Waals surface area contributed by atoms with Crippen molar-refractivity contribution in [1.82, 2.24) is 14.6 Å². The fourth-order valence-electron chi connectivity index (χ4n) is 2.53. The van der Waals surface area contributed by atoms with Crippen LogP contribution in [0.2, 0.25) is 0 Å². The zero-order valence-corrected chi connectivity index (χ0v) is 12.4. The summed E-state index contributed by atoms with van der Waals surface area (Å²) in [7, 11) is 1.55. The molecule has 0 aliphatic carbocycles. The van der Waals surface area contributed by atoms with E-state index in [-0.39, 0.29) is 18.0 Å². The average molecular weight is 301 g/mol. The summed E-state index contributed by atoms with van der Waals surface area (Å²) in [5.41, 5.74) is 3.42. The number of aryl methyl sites for hydroxylation is 1. The zero-order chi connectivity index (χ0) is 15.7. The van der Waals surface area contributed by atoms with Gasteiger partial charge < -0.3 is 4.74 Å². The number of benzene rings is 1. The first-order valence-electron chi connectivity index (χ1n) is 7.02. The number of methoxy groups -OCH3 is 1. The second kappa shape index (κ2) is 5.73. The molecule has 0 amide bonds. The van der Waals surface area contributed by atoms with Crippen molar-refractivity contribution in [3.63, 3.8) is 0 Å². The highest BCUT2D eigenvalue weighted by molar-refractivity contribution is 5.79. The number of nitrogens with zero attached hydrogens (tertiary/aromatic N) is 2. The maximum atomic E-state index is 13.2. The van der Waals surface area contributed by atoms with Gasteiger partial charge in [-0.3, -0.25) is 9.89 Å². The quantitative estimate of drug-likeness (QED) is 0.805. The van der Waals surface area contributed by atoms with Crippen LogP contribution in [0.5, 0.6) is 0 Å². The number of halogens is 1. The Bertz CT molecular complexity index is 865. The van der Waals surface area contributed by atoms with E-state index < -0.39 is 0 Å². The summed E-state index contributed by atoms with van der Waals surface area (Å²) in [4.78, 5) is 16.7. The summed E-state index contributed by atoms with van der Waals surface area (Å²) in [5, 5.41) is 3.07. The van der Waals surface area contributed by atoms with Gasteiger partial charge in [-0.1, -0.05) is 19.1 Å². The summed E-state index contributed by atoms with van der Waals surface area (Å²) >= 11 is 0. The maximum Gasteiger partial charge on any atom is 0.273 e. The minimum Gasteiger partial charge on any atom is -0.378 e. The molecule has 22 heavy (non-hydrogen) atoms. The van der Waals surface area contributed by atoms with Gasteiger partial charge in [0.2, 0.25) is 0 Å². The van der Waals surface area contributed by atoms with Gasteiger partial charge in [0.15, 0.2) is 5.65 Å². The van der Waals surface area contributed by atoms with E-state index in [9.17, 15) is 9.18 Å². The minimum absolute atomic E-state index is 0.194. The molecule has 0 saturated carbocycles. The highest BCUT2D eigenvalue weighted by Gasteiger charge is 2.16. The van der Waals surface area contributed by atoms with Gasteiger partial charge in [-0.25, -0.2) is 13.9 Å². The standard InChI is InChI=1S/C16H16FN3O2/c1-3-13-15(10-4-6-11(17)7-5-10)16-18-12(9-22-2)8-14(21)20(16)19-13/h4-8,19H,3,9H2,1-2H3. The average Bonchev–Trinajstić information content (AvgIpc) is 2.88. The van der Waals surface area contributed by atoms with Crippen molar-refractivity contribution >= 4 is 5.65 Å². The van der Waals surface area contributed by atoms with Crippen LogP contribution in [0, 0.1) is 5.82 Å². The summed E-state index contributed by atoms with van der Waals surface area (Å²) in [6, 6.07) is 7.62. The Morgan fingerprint density at radius 3 is 2.68 bits per heavy atom. The van der Waals surface area contributed by atoms with E-state index >= 15 is 0 Å². The van der Waals surface area contributed by atoms with Crippen molar-refractivity contribution in [1.29, 1.82) is 0 Å². The van der Waals surface area contributed by atoms with Gasteiger partial charge >= 0.3 is 0 Å². The smallest absolute Gasteiger partial charge is 0.273 e. The molecule has 0 unspecified atom stereocenters. The SMILES string of the molecule is CCc1[nH]n2c(=O)cc(COC)nc2c1-c1ccc(F)cc1. The molecule has 0 aliphatic heterocycles. The topological polar surface area (TPSA) is 59.4 Å². The molecule has 0 saturated heterocycles. The third-order valence-electron chi connectivity index (χ3n) is 3.52. The maximum absolute atomic E-state index is 13.2. The van der Waals surface area contributed by atoms with Crippen molar-refractivity contribution in [3.05, 3.63) is 57.9 Å². The van der Waals surface area contributed by atoms with Gasteiger partial charge in [0, 0.05) is 24.4 Å². The van der Waals surface area contributed by atoms with E-state index in [1.807, 2.05) is 6.92 Å². The van der Waals surface area contributed by atoms with Gasteiger partial charge in [0.05, 0.1) is 12.3 Å². The van der Waals surface area contributed by atoms with Crippen LogP contribution in [0.1, 0.15) is 18.3 Å². The van der Waals surface area contributed by atoms with Crippen molar-refractivity contribution in [2.75, 3.05) is 7.11 Å². The van der Waals surface area contributed by atoms with Crippen LogP contribution in [-0.4, -0.2) is 21.7 Å². The normalized spacial score (nSPS) is 11.2. The summed E-state index contributed by atoms with van der Waals surface area (Å²) in [5.74, 6) is -0.299. The first kappa shape index (κ1) is 14.5. The lowest BCUT2D eigenvalue weighted by Crippen LogP contribution is -2.16. The molecule has 0 radical (unpaired) electrons. The minimum atomic E-state index is -0.299. The van der Waals surface area contributed by atoms with Gasteiger partial charge in [-0.15, -0.1) is 0 Å².